The van der Waals surface area contributed by atoms with E-state index in [1.54, 1.807) is 19.1 Å². The molecule has 116 valence electrons. The molecule has 5 heteroatoms. The summed E-state index contributed by atoms with van der Waals surface area (Å²) in [6, 6.07) is 7.28. The van der Waals surface area contributed by atoms with E-state index < -0.39 is 5.41 Å². The van der Waals surface area contributed by atoms with Gasteiger partial charge in [-0.05, 0) is 44.9 Å². The molecule has 0 bridgehead atoms. The summed E-state index contributed by atoms with van der Waals surface area (Å²) in [7, 11) is 0. The Labute approximate surface area is 125 Å². The highest BCUT2D eigenvalue weighted by Gasteiger charge is 2.29. The molecule has 1 amide bonds. The molecular formula is C16H24N2O3. The van der Waals surface area contributed by atoms with E-state index in [-0.39, 0.29) is 11.9 Å². The van der Waals surface area contributed by atoms with Crippen LogP contribution in [0.25, 0.3) is 0 Å². The Morgan fingerprint density at radius 1 is 1.24 bits per heavy atom. The SMILES string of the molecule is CCOC(=O)CCCNC(=O)C(C)(C)c1ccc(N)cc1. The molecule has 0 aliphatic rings. The van der Waals surface area contributed by atoms with E-state index in [9.17, 15) is 9.59 Å². The van der Waals surface area contributed by atoms with Gasteiger partial charge in [-0.1, -0.05) is 12.1 Å². The molecule has 0 aliphatic heterocycles. The highest BCUT2D eigenvalue weighted by atomic mass is 16.5. The van der Waals surface area contributed by atoms with E-state index in [1.807, 2.05) is 26.0 Å². The summed E-state index contributed by atoms with van der Waals surface area (Å²) >= 11 is 0. The summed E-state index contributed by atoms with van der Waals surface area (Å²) < 4.78 is 4.83. The number of carbonyl (C=O) groups excluding carboxylic acids is 2. The molecule has 0 spiro atoms. The predicted molar refractivity (Wildman–Crippen MR) is 82.8 cm³/mol. The maximum atomic E-state index is 12.3. The lowest BCUT2D eigenvalue weighted by molar-refractivity contribution is -0.143. The van der Waals surface area contributed by atoms with Crippen molar-refractivity contribution in [2.24, 2.45) is 0 Å². The van der Waals surface area contributed by atoms with Gasteiger partial charge in [-0.3, -0.25) is 9.59 Å². The minimum absolute atomic E-state index is 0.0730. The van der Waals surface area contributed by atoms with Crippen molar-refractivity contribution >= 4 is 17.6 Å². The first-order chi connectivity index (χ1) is 9.87. The van der Waals surface area contributed by atoms with E-state index in [2.05, 4.69) is 5.32 Å². The van der Waals surface area contributed by atoms with E-state index in [1.165, 1.54) is 0 Å². The van der Waals surface area contributed by atoms with E-state index >= 15 is 0 Å². The molecule has 1 rings (SSSR count). The van der Waals surface area contributed by atoms with Crippen LogP contribution in [-0.4, -0.2) is 25.0 Å². The van der Waals surface area contributed by atoms with Gasteiger partial charge >= 0.3 is 5.97 Å². The zero-order valence-electron chi connectivity index (χ0n) is 12.9. The molecule has 21 heavy (non-hydrogen) atoms. The van der Waals surface area contributed by atoms with E-state index in [0.29, 0.717) is 31.7 Å². The lowest BCUT2D eigenvalue weighted by atomic mass is 9.83. The first kappa shape index (κ1) is 17.0. The predicted octanol–water partition coefficient (Wildman–Crippen LogP) is 2.01. The maximum absolute atomic E-state index is 12.3. The van der Waals surface area contributed by atoms with Gasteiger partial charge in [0.15, 0.2) is 0 Å². The number of rotatable bonds is 7. The number of benzene rings is 1. The number of esters is 1. The maximum Gasteiger partial charge on any atom is 0.305 e. The van der Waals surface area contributed by atoms with Gasteiger partial charge in [0.25, 0.3) is 0 Å². The van der Waals surface area contributed by atoms with Crippen LogP contribution in [0.1, 0.15) is 39.2 Å². The molecule has 0 saturated heterocycles. The molecule has 0 aromatic heterocycles. The summed E-state index contributed by atoms with van der Waals surface area (Å²) in [5.74, 6) is -0.305. The first-order valence-corrected chi connectivity index (χ1v) is 7.18. The van der Waals surface area contributed by atoms with Gasteiger partial charge < -0.3 is 15.8 Å². The zero-order valence-corrected chi connectivity index (χ0v) is 12.9. The zero-order chi connectivity index (χ0) is 15.9. The summed E-state index contributed by atoms with van der Waals surface area (Å²) in [5.41, 5.74) is 6.58. The van der Waals surface area contributed by atoms with Gasteiger partial charge in [0.2, 0.25) is 5.91 Å². The Kier molecular flexibility index (Phi) is 6.21. The summed E-state index contributed by atoms with van der Waals surface area (Å²) in [5, 5.41) is 2.86. The van der Waals surface area contributed by atoms with Gasteiger partial charge in [-0.15, -0.1) is 0 Å². The largest absolute Gasteiger partial charge is 0.466 e. The highest BCUT2D eigenvalue weighted by Crippen LogP contribution is 2.24. The second kappa shape index (κ2) is 7.67. The fourth-order valence-electron chi connectivity index (χ4n) is 1.92. The third-order valence-corrected chi connectivity index (χ3v) is 3.35. The third-order valence-electron chi connectivity index (χ3n) is 3.35. The molecule has 0 aliphatic carbocycles. The first-order valence-electron chi connectivity index (χ1n) is 7.18. The number of nitrogens with one attached hydrogen (secondary N) is 1. The Hall–Kier alpha value is -2.04. The lowest BCUT2D eigenvalue weighted by Gasteiger charge is -2.24. The summed E-state index contributed by atoms with van der Waals surface area (Å²) in [6.45, 7) is 6.33. The molecule has 0 heterocycles. The molecule has 0 unspecified atom stereocenters. The van der Waals surface area contributed by atoms with Crippen LogP contribution >= 0.6 is 0 Å². The van der Waals surface area contributed by atoms with Crippen LogP contribution in [0, 0.1) is 0 Å². The monoisotopic (exact) mass is 292 g/mol. The molecule has 0 atom stereocenters. The number of anilines is 1. The minimum Gasteiger partial charge on any atom is -0.466 e. The molecule has 3 N–H and O–H groups in total. The Balaban J connectivity index is 2.46. The van der Waals surface area contributed by atoms with Crippen molar-refractivity contribution in [3.63, 3.8) is 0 Å². The van der Waals surface area contributed by atoms with Crippen molar-refractivity contribution in [1.29, 1.82) is 0 Å². The average Bonchev–Trinajstić information content (AvgIpc) is 2.44. The van der Waals surface area contributed by atoms with Crippen molar-refractivity contribution in [3.05, 3.63) is 29.8 Å². The van der Waals surface area contributed by atoms with E-state index in [0.717, 1.165) is 5.56 Å². The van der Waals surface area contributed by atoms with Crippen LogP contribution in [0.2, 0.25) is 0 Å². The van der Waals surface area contributed by atoms with Gasteiger partial charge in [0.1, 0.15) is 0 Å². The minimum atomic E-state index is -0.641. The molecule has 1 aromatic rings. The topological polar surface area (TPSA) is 81.4 Å². The van der Waals surface area contributed by atoms with Crippen LogP contribution in [0.5, 0.6) is 0 Å². The Morgan fingerprint density at radius 3 is 2.43 bits per heavy atom. The van der Waals surface area contributed by atoms with Gasteiger partial charge in [-0.2, -0.15) is 0 Å². The standard InChI is InChI=1S/C16H24N2O3/c1-4-21-14(19)6-5-11-18-15(20)16(2,3)12-7-9-13(17)10-8-12/h7-10H,4-6,11,17H2,1-3H3,(H,18,20). The average molecular weight is 292 g/mol. The second-order valence-corrected chi connectivity index (χ2v) is 5.41. The number of hydrogen-bond donors (Lipinski definition) is 2. The van der Waals surface area contributed by atoms with Crippen molar-refractivity contribution in [2.45, 2.75) is 39.0 Å². The summed E-state index contributed by atoms with van der Waals surface area (Å²) in [4.78, 5) is 23.5. The van der Waals surface area contributed by atoms with Crippen molar-refractivity contribution in [1.82, 2.24) is 5.32 Å². The number of carbonyl (C=O) groups is 2. The second-order valence-electron chi connectivity index (χ2n) is 5.41. The number of nitrogens with two attached hydrogens (primary N) is 1. The van der Waals surface area contributed by atoms with Crippen LogP contribution in [-0.2, 0) is 19.7 Å². The quantitative estimate of drug-likeness (QED) is 0.457. The van der Waals surface area contributed by atoms with Crippen LogP contribution < -0.4 is 11.1 Å². The third kappa shape index (κ3) is 5.10. The van der Waals surface area contributed by atoms with Gasteiger partial charge in [0.05, 0.1) is 12.0 Å². The number of amides is 1. The number of nitrogen functional groups attached to an aromatic ring is 1. The number of ether oxygens (including phenoxy) is 1. The molecule has 0 radical (unpaired) electrons. The Bertz CT molecular complexity index is 481. The molecule has 1 aromatic carbocycles. The van der Waals surface area contributed by atoms with Crippen molar-refractivity contribution < 1.29 is 14.3 Å². The van der Waals surface area contributed by atoms with Crippen LogP contribution in [0.15, 0.2) is 24.3 Å². The lowest BCUT2D eigenvalue weighted by Crippen LogP contribution is -2.40. The molecular weight excluding hydrogens is 268 g/mol. The van der Waals surface area contributed by atoms with E-state index in [4.69, 9.17) is 10.5 Å². The van der Waals surface area contributed by atoms with Crippen LogP contribution in [0.3, 0.4) is 0 Å². The molecule has 0 saturated carbocycles. The van der Waals surface area contributed by atoms with Gasteiger partial charge in [0, 0.05) is 18.7 Å². The fourth-order valence-corrected chi connectivity index (χ4v) is 1.92. The smallest absolute Gasteiger partial charge is 0.305 e. The molecule has 0 fully saturated rings. The van der Waals surface area contributed by atoms with Gasteiger partial charge in [-0.25, -0.2) is 0 Å². The van der Waals surface area contributed by atoms with Crippen LogP contribution in [0.4, 0.5) is 5.69 Å². The van der Waals surface area contributed by atoms with Crippen molar-refractivity contribution in [3.8, 4) is 0 Å². The fraction of sp³-hybridized carbons (Fsp3) is 0.500. The van der Waals surface area contributed by atoms with Crippen molar-refractivity contribution in [2.75, 3.05) is 18.9 Å². The summed E-state index contributed by atoms with van der Waals surface area (Å²) in [6.07, 6.45) is 0.888. The molecule has 5 nitrogen and oxygen atoms in total. The number of hydrogen-bond acceptors (Lipinski definition) is 4. The Morgan fingerprint density at radius 2 is 1.86 bits per heavy atom. The highest BCUT2D eigenvalue weighted by molar-refractivity contribution is 5.87. The normalized spacial score (nSPS) is 11.0.